The van der Waals surface area contributed by atoms with Crippen LogP contribution in [0.5, 0.6) is 5.75 Å². The van der Waals surface area contributed by atoms with Crippen LogP contribution in [0.15, 0.2) is 54.7 Å². The Bertz CT molecular complexity index is 889. The van der Waals surface area contributed by atoms with Gasteiger partial charge in [-0.1, -0.05) is 41.4 Å². The van der Waals surface area contributed by atoms with Crippen LogP contribution < -0.4 is 10.1 Å². The number of nitrogens with zero attached hydrogens (tertiary/aromatic N) is 2. The summed E-state index contributed by atoms with van der Waals surface area (Å²) in [6.07, 6.45) is 1.75. The third-order valence-electron chi connectivity index (χ3n) is 3.62. The van der Waals surface area contributed by atoms with Crippen LogP contribution in [-0.4, -0.2) is 22.8 Å². The molecule has 128 valence electrons. The molecule has 1 heterocycles. The standard InChI is InChI=1S/C18H15Cl2N3O2/c1-25-16-8-3-2-5-12(16)18(24)21-17-9-10-23(22-17)11-13-14(19)6-4-7-15(13)20/h2-10H,11H2,1H3,(H,21,22,24). The Hall–Kier alpha value is -2.50. The Morgan fingerprint density at radius 1 is 1.12 bits per heavy atom. The molecule has 0 aliphatic rings. The smallest absolute Gasteiger partial charge is 0.260 e. The van der Waals surface area contributed by atoms with Crippen molar-refractivity contribution in [1.29, 1.82) is 0 Å². The summed E-state index contributed by atoms with van der Waals surface area (Å²) in [5.74, 6) is 0.639. The molecule has 0 spiro atoms. The Kier molecular flexibility index (Phi) is 5.26. The van der Waals surface area contributed by atoms with Crippen LogP contribution in [0.2, 0.25) is 10.0 Å². The van der Waals surface area contributed by atoms with Crippen molar-refractivity contribution in [2.45, 2.75) is 6.54 Å². The zero-order valence-electron chi connectivity index (χ0n) is 13.4. The minimum atomic E-state index is -0.293. The van der Waals surface area contributed by atoms with Crippen molar-refractivity contribution in [1.82, 2.24) is 9.78 Å². The third-order valence-corrected chi connectivity index (χ3v) is 4.32. The number of ether oxygens (including phenoxy) is 1. The number of carbonyl (C=O) groups is 1. The van der Waals surface area contributed by atoms with Gasteiger partial charge in [0.15, 0.2) is 5.82 Å². The summed E-state index contributed by atoms with van der Waals surface area (Å²) in [6, 6.07) is 14.0. The van der Waals surface area contributed by atoms with E-state index in [4.69, 9.17) is 27.9 Å². The van der Waals surface area contributed by atoms with Crippen LogP contribution in [0.3, 0.4) is 0 Å². The van der Waals surface area contributed by atoms with Gasteiger partial charge in [0.05, 0.1) is 19.2 Å². The average molecular weight is 376 g/mol. The minimum absolute atomic E-state index is 0.293. The van der Waals surface area contributed by atoms with Crippen LogP contribution in [0.1, 0.15) is 15.9 Å². The molecule has 0 radical (unpaired) electrons. The maximum Gasteiger partial charge on any atom is 0.260 e. The molecule has 0 aliphatic carbocycles. The number of anilines is 1. The van der Waals surface area contributed by atoms with E-state index < -0.39 is 0 Å². The van der Waals surface area contributed by atoms with Gasteiger partial charge < -0.3 is 10.1 Å². The fourth-order valence-corrected chi connectivity index (χ4v) is 2.89. The Labute approximate surface area is 155 Å². The zero-order valence-corrected chi connectivity index (χ0v) is 14.9. The highest BCUT2D eigenvalue weighted by molar-refractivity contribution is 6.35. The molecule has 0 fully saturated rings. The SMILES string of the molecule is COc1ccccc1C(=O)Nc1ccn(Cc2c(Cl)cccc2Cl)n1. The number of rotatable bonds is 5. The highest BCUT2D eigenvalue weighted by Crippen LogP contribution is 2.25. The average Bonchev–Trinajstić information content (AvgIpc) is 3.05. The molecule has 25 heavy (non-hydrogen) atoms. The Balaban J connectivity index is 1.75. The zero-order chi connectivity index (χ0) is 17.8. The van der Waals surface area contributed by atoms with Crippen molar-refractivity contribution in [3.05, 3.63) is 75.9 Å². The van der Waals surface area contributed by atoms with E-state index in [0.717, 1.165) is 5.56 Å². The second-order valence-corrected chi connectivity index (χ2v) is 6.07. The molecule has 1 amide bonds. The van der Waals surface area contributed by atoms with E-state index in [1.807, 2.05) is 0 Å². The highest BCUT2D eigenvalue weighted by atomic mass is 35.5. The number of halogens is 2. The molecule has 2 aromatic carbocycles. The van der Waals surface area contributed by atoms with Gasteiger partial charge in [0.25, 0.3) is 5.91 Å². The van der Waals surface area contributed by atoms with Crippen LogP contribution in [0.25, 0.3) is 0 Å². The summed E-state index contributed by atoms with van der Waals surface area (Å²) in [6.45, 7) is 0.406. The number of benzene rings is 2. The molecule has 0 saturated carbocycles. The van der Waals surface area contributed by atoms with Crippen molar-refractivity contribution < 1.29 is 9.53 Å². The van der Waals surface area contributed by atoms with Gasteiger partial charge in [-0.3, -0.25) is 9.48 Å². The summed E-state index contributed by atoms with van der Waals surface area (Å²) in [4.78, 5) is 12.4. The van der Waals surface area contributed by atoms with E-state index >= 15 is 0 Å². The van der Waals surface area contributed by atoms with Gasteiger partial charge in [-0.05, 0) is 24.3 Å². The molecule has 5 nitrogen and oxygen atoms in total. The van der Waals surface area contributed by atoms with E-state index in [1.54, 1.807) is 59.4 Å². The predicted molar refractivity (Wildman–Crippen MR) is 98.7 cm³/mol. The molecule has 0 saturated heterocycles. The number of methoxy groups -OCH3 is 1. The van der Waals surface area contributed by atoms with Gasteiger partial charge in [0.2, 0.25) is 0 Å². The van der Waals surface area contributed by atoms with E-state index in [9.17, 15) is 4.79 Å². The fraction of sp³-hybridized carbons (Fsp3) is 0.111. The lowest BCUT2D eigenvalue weighted by atomic mass is 10.2. The lowest BCUT2D eigenvalue weighted by molar-refractivity contribution is 0.102. The maximum absolute atomic E-state index is 12.4. The number of hydrogen-bond acceptors (Lipinski definition) is 3. The summed E-state index contributed by atoms with van der Waals surface area (Å²) in [5.41, 5.74) is 1.21. The van der Waals surface area contributed by atoms with Crippen LogP contribution >= 0.6 is 23.2 Å². The number of amides is 1. The number of hydrogen-bond donors (Lipinski definition) is 1. The summed E-state index contributed by atoms with van der Waals surface area (Å²) < 4.78 is 6.86. The molecular weight excluding hydrogens is 361 g/mol. The van der Waals surface area contributed by atoms with Crippen LogP contribution in [0, 0.1) is 0 Å². The molecule has 3 rings (SSSR count). The van der Waals surface area contributed by atoms with Crippen molar-refractivity contribution in [2.24, 2.45) is 0 Å². The molecule has 0 aliphatic heterocycles. The number of para-hydroxylation sites is 1. The van der Waals surface area contributed by atoms with E-state index in [-0.39, 0.29) is 5.91 Å². The first kappa shape index (κ1) is 17.3. The van der Waals surface area contributed by atoms with Gasteiger partial charge in [0, 0.05) is 27.9 Å². The molecule has 1 aromatic heterocycles. The van der Waals surface area contributed by atoms with Gasteiger partial charge >= 0.3 is 0 Å². The molecule has 7 heteroatoms. The van der Waals surface area contributed by atoms with Gasteiger partial charge in [-0.15, -0.1) is 0 Å². The number of carbonyl (C=O) groups excluding carboxylic acids is 1. The quantitative estimate of drug-likeness (QED) is 0.714. The maximum atomic E-state index is 12.4. The molecule has 0 bridgehead atoms. The van der Waals surface area contributed by atoms with Gasteiger partial charge in [0.1, 0.15) is 5.75 Å². The Morgan fingerprint density at radius 2 is 1.84 bits per heavy atom. The van der Waals surface area contributed by atoms with Crippen LogP contribution in [0.4, 0.5) is 5.82 Å². The van der Waals surface area contributed by atoms with E-state index in [2.05, 4.69) is 10.4 Å². The van der Waals surface area contributed by atoms with E-state index in [0.29, 0.717) is 33.7 Å². The minimum Gasteiger partial charge on any atom is -0.496 e. The predicted octanol–water partition coefficient (Wildman–Crippen LogP) is 4.50. The largest absolute Gasteiger partial charge is 0.496 e. The van der Waals surface area contributed by atoms with Crippen molar-refractivity contribution in [2.75, 3.05) is 12.4 Å². The first-order valence-corrected chi connectivity index (χ1v) is 8.25. The second-order valence-electron chi connectivity index (χ2n) is 5.25. The molecule has 3 aromatic rings. The summed E-state index contributed by atoms with van der Waals surface area (Å²) in [5, 5.41) is 8.23. The number of nitrogens with one attached hydrogen (secondary N) is 1. The van der Waals surface area contributed by atoms with Crippen molar-refractivity contribution >= 4 is 34.9 Å². The molecule has 0 unspecified atom stereocenters. The summed E-state index contributed by atoms with van der Waals surface area (Å²) >= 11 is 12.3. The topological polar surface area (TPSA) is 56.1 Å². The number of aromatic nitrogens is 2. The van der Waals surface area contributed by atoms with Crippen LogP contribution in [-0.2, 0) is 6.54 Å². The van der Waals surface area contributed by atoms with E-state index in [1.165, 1.54) is 7.11 Å². The third kappa shape index (κ3) is 3.95. The van der Waals surface area contributed by atoms with Gasteiger partial charge in [-0.2, -0.15) is 5.10 Å². The van der Waals surface area contributed by atoms with Crippen molar-refractivity contribution in [3.8, 4) is 5.75 Å². The van der Waals surface area contributed by atoms with Gasteiger partial charge in [-0.25, -0.2) is 0 Å². The second kappa shape index (κ2) is 7.59. The molecule has 1 N–H and O–H groups in total. The lowest BCUT2D eigenvalue weighted by Gasteiger charge is -2.08. The monoisotopic (exact) mass is 375 g/mol. The fourth-order valence-electron chi connectivity index (χ4n) is 2.38. The first-order valence-electron chi connectivity index (χ1n) is 7.49. The normalized spacial score (nSPS) is 10.5. The summed E-state index contributed by atoms with van der Waals surface area (Å²) in [7, 11) is 1.52. The Morgan fingerprint density at radius 3 is 2.56 bits per heavy atom. The lowest BCUT2D eigenvalue weighted by Crippen LogP contribution is -2.14. The first-order chi connectivity index (χ1) is 12.1. The highest BCUT2D eigenvalue weighted by Gasteiger charge is 2.13. The van der Waals surface area contributed by atoms with Crippen molar-refractivity contribution in [3.63, 3.8) is 0 Å². The molecular formula is C18H15Cl2N3O2. The molecule has 0 atom stereocenters.